The highest BCUT2D eigenvalue weighted by Gasteiger charge is 2.24. The first-order chi connectivity index (χ1) is 11.9. The number of ketones is 1. The molecular formula is C19H20N2O4. The number of aromatic nitrogens is 1. The van der Waals surface area contributed by atoms with Gasteiger partial charge in [-0.1, -0.05) is 32.0 Å². The van der Waals surface area contributed by atoms with Crippen molar-refractivity contribution in [3.05, 3.63) is 57.4 Å². The van der Waals surface area contributed by atoms with Crippen LogP contribution >= 0.6 is 0 Å². The van der Waals surface area contributed by atoms with Crippen molar-refractivity contribution in [2.24, 2.45) is 5.92 Å². The maximum absolute atomic E-state index is 12.6. The van der Waals surface area contributed by atoms with E-state index in [1.54, 1.807) is 24.3 Å². The van der Waals surface area contributed by atoms with Crippen molar-refractivity contribution >= 4 is 5.78 Å². The van der Waals surface area contributed by atoms with Crippen LogP contribution in [-0.4, -0.2) is 22.1 Å². The second-order valence-corrected chi connectivity index (χ2v) is 6.14. The second-order valence-electron chi connectivity index (χ2n) is 6.14. The normalized spacial score (nSPS) is 10.5. The van der Waals surface area contributed by atoms with E-state index in [2.05, 4.69) is 0 Å². The van der Waals surface area contributed by atoms with Gasteiger partial charge in [0.1, 0.15) is 17.4 Å². The van der Waals surface area contributed by atoms with Gasteiger partial charge < -0.3 is 9.84 Å². The van der Waals surface area contributed by atoms with E-state index in [4.69, 9.17) is 4.74 Å². The topological polar surface area (TPSA) is 92.3 Å². The molecule has 0 aliphatic carbocycles. The predicted molar refractivity (Wildman–Crippen MR) is 92.9 cm³/mol. The zero-order chi connectivity index (χ0) is 18.6. The Bertz CT molecular complexity index is 877. The maximum atomic E-state index is 12.6. The van der Waals surface area contributed by atoms with Crippen molar-refractivity contribution < 1.29 is 14.6 Å². The number of para-hydroxylation sites is 1. The summed E-state index contributed by atoms with van der Waals surface area (Å²) in [5.74, 6) is -0.338. The minimum atomic E-state index is -0.591. The van der Waals surface area contributed by atoms with Gasteiger partial charge in [0.25, 0.3) is 5.56 Å². The zero-order valence-corrected chi connectivity index (χ0v) is 14.4. The predicted octanol–water partition coefficient (Wildman–Crippen LogP) is 2.65. The lowest BCUT2D eigenvalue weighted by atomic mass is 10.0. The van der Waals surface area contributed by atoms with Crippen molar-refractivity contribution in [3.63, 3.8) is 0 Å². The van der Waals surface area contributed by atoms with E-state index in [1.807, 2.05) is 26.0 Å². The number of benzene rings is 1. The molecular weight excluding hydrogens is 320 g/mol. The molecule has 1 N–H and O–H groups in total. The minimum Gasteiger partial charge on any atom is -0.494 e. The van der Waals surface area contributed by atoms with E-state index in [1.165, 1.54) is 6.92 Å². The van der Waals surface area contributed by atoms with Crippen molar-refractivity contribution in [3.8, 4) is 17.7 Å². The number of aromatic hydroxyl groups is 1. The third-order valence-electron chi connectivity index (χ3n) is 3.74. The SMILES string of the molecule is Cc1c(C(=O)COc2ccccc2)c(O)n(CC(C)C)c(=O)c1C#N. The van der Waals surface area contributed by atoms with Crippen LogP contribution in [0.3, 0.4) is 0 Å². The summed E-state index contributed by atoms with van der Waals surface area (Å²) >= 11 is 0. The monoisotopic (exact) mass is 340 g/mol. The lowest BCUT2D eigenvalue weighted by Crippen LogP contribution is -2.29. The fourth-order valence-corrected chi connectivity index (χ4v) is 2.56. The van der Waals surface area contributed by atoms with Gasteiger partial charge in [-0.2, -0.15) is 5.26 Å². The number of nitrogens with zero attached hydrogens (tertiary/aromatic N) is 2. The molecule has 0 atom stereocenters. The summed E-state index contributed by atoms with van der Waals surface area (Å²) in [5.41, 5.74) is -0.604. The molecule has 1 aromatic heterocycles. The molecule has 1 aromatic carbocycles. The molecule has 130 valence electrons. The zero-order valence-electron chi connectivity index (χ0n) is 14.4. The summed E-state index contributed by atoms with van der Waals surface area (Å²) < 4.78 is 6.50. The molecule has 6 heteroatoms. The molecule has 0 unspecified atom stereocenters. The highest BCUT2D eigenvalue weighted by molar-refractivity contribution is 6.01. The summed E-state index contributed by atoms with van der Waals surface area (Å²) in [6.45, 7) is 5.13. The van der Waals surface area contributed by atoms with Crippen LogP contribution in [0.4, 0.5) is 0 Å². The lowest BCUT2D eigenvalue weighted by Gasteiger charge is -2.17. The van der Waals surface area contributed by atoms with Crippen molar-refractivity contribution in [1.29, 1.82) is 5.26 Å². The smallest absolute Gasteiger partial charge is 0.271 e. The number of hydrogen-bond acceptors (Lipinski definition) is 5. The molecule has 0 saturated heterocycles. The Kier molecular flexibility index (Phi) is 5.60. The molecule has 6 nitrogen and oxygen atoms in total. The molecule has 2 rings (SSSR count). The molecule has 0 aliphatic heterocycles. The van der Waals surface area contributed by atoms with Crippen LogP contribution in [-0.2, 0) is 6.54 Å². The molecule has 0 amide bonds. The van der Waals surface area contributed by atoms with Crippen LogP contribution < -0.4 is 10.3 Å². The van der Waals surface area contributed by atoms with Gasteiger partial charge in [-0.3, -0.25) is 14.2 Å². The maximum Gasteiger partial charge on any atom is 0.271 e. The molecule has 0 bridgehead atoms. The number of nitriles is 1. The first-order valence-corrected chi connectivity index (χ1v) is 7.94. The van der Waals surface area contributed by atoms with Crippen molar-refractivity contribution in [1.82, 2.24) is 4.57 Å². The first-order valence-electron chi connectivity index (χ1n) is 7.94. The second kappa shape index (κ2) is 7.67. The van der Waals surface area contributed by atoms with Gasteiger partial charge >= 0.3 is 0 Å². The van der Waals surface area contributed by atoms with E-state index in [9.17, 15) is 20.0 Å². The van der Waals surface area contributed by atoms with E-state index < -0.39 is 17.2 Å². The Morgan fingerprint density at radius 3 is 2.52 bits per heavy atom. The first kappa shape index (κ1) is 18.3. The average Bonchev–Trinajstić information content (AvgIpc) is 2.58. The summed E-state index contributed by atoms with van der Waals surface area (Å²) in [6.07, 6.45) is 0. The van der Waals surface area contributed by atoms with Crippen molar-refractivity contribution in [2.45, 2.75) is 27.3 Å². The third-order valence-corrected chi connectivity index (χ3v) is 3.74. The summed E-state index contributed by atoms with van der Waals surface area (Å²) in [6, 6.07) is 10.6. The number of carbonyl (C=O) groups excluding carboxylic acids is 1. The number of hydrogen-bond donors (Lipinski definition) is 1. The Hall–Kier alpha value is -3.07. The Morgan fingerprint density at radius 1 is 1.32 bits per heavy atom. The standard InChI is InChI=1S/C19H20N2O4/c1-12(2)10-21-18(23)15(9-20)13(3)17(19(21)24)16(22)11-25-14-7-5-4-6-8-14/h4-8,12,24H,10-11H2,1-3H3. The molecule has 1 heterocycles. The van der Waals surface area contributed by atoms with Crippen molar-refractivity contribution in [2.75, 3.05) is 6.61 Å². The molecule has 25 heavy (non-hydrogen) atoms. The number of ether oxygens (including phenoxy) is 1. The minimum absolute atomic E-state index is 0.0484. The number of rotatable bonds is 6. The van der Waals surface area contributed by atoms with Gasteiger partial charge in [-0.25, -0.2) is 0 Å². The Morgan fingerprint density at radius 2 is 1.96 bits per heavy atom. The fraction of sp³-hybridized carbons (Fsp3) is 0.316. The van der Waals surface area contributed by atoms with Gasteiger partial charge in [0, 0.05) is 6.54 Å². The molecule has 2 aromatic rings. The van der Waals surface area contributed by atoms with Crippen LogP contribution in [0.1, 0.15) is 35.3 Å². The van der Waals surface area contributed by atoms with Gasteiger partial charge in [0.15, 0.2) is 6.61 Å². The third kappa shape index (κ3) is 3.89. The van der Waals surface area contributed by atoms with Crippen LogP contribution in [0.5, 0.6) is 11.6 Å². The fourth-order valence-electron chi connectivity index (χ4n) is 2.56. The molecule has 0 fully saturated rings. The van der Waals surface area contributed by atoms with E-state index in [0.717, 1.165) is 4.57 Å². The lowest BCUT2D eigenvalue weighted by molar-refractivity contribution is 0.0916. The summed E-state index contributed by atoms with van der Waals surface area (Å²) in [4.78, 5) is 24.9. The van der Waals surface area contributed by atoms with Gasteiger partial charge in [-0.15, -0.1) is 0 Å². The number of pyridine rings is 1. The highest BCUT2D eigenvalue weighted by atomic mass is 16.5. The quantitative estimate of drug-likeness (QED) is 0.816. The Balaban J connectivity index is 2.44. The number of Topliss-reactive ketones (excluding diaryl/α,β-unsaturated/α-hetero) is 1. The van der Waals surface area contributed by atoms with E-state index >= 15 is 0 Å². The summed E-state index contributed by atoms with van der Waals surface area (Å²) in [5, 5.41) is 19.7. The van der Waals surface area contributed by atoms with Gasteiger partial charge in [0.2, 0.25) is 11.7 Å². The molecule has 0 saturated carbocycles. The van der Waals surface area contributed by atoms with Crippen LogP contribution in [0.25, 0.3) is 0 Å². The molecule has 0 aliphatic rings. The Labute approximate surface area is 145 Å². The average molecular weight is 340 g/mol. The molecule has 0 radical (unpaired) electrons. The largest absolute Gasteiger partial charge is 0.494 e. The van der Waals surface area contributed by atoms with Gasteiger partial charge in [0.05, 0.1) is 5.56 Å². The van der Waals surface area contributed by atoms with E-state index in [0.29, 0.717) is 5.75 Å². The molecule has 0 spiro atoms. The van der Waals surface area contributed by atoms with Crippen LogP contribution in [0.2, 0.25) is 0 Å². The van der Waals surface area contributed by atoms with Crippen LogP contribution in [0.15, 0.2) is 35.1 Å². The summed E-state index contributed by atoms with van der Waals surface area (Å²) in [7, 11) is 0. The number of carbonyl (C=O) groups is 1. The van der Waals surface area contributed by atoms with E-state index in [-0.39, 0.29) is 35.8 Å². The highest BCUT2D eigenvalue weighted by Crippen LogP contribution is 2.23. The van der Waals surface area contributed by atoms with Crippen LogP contribution in [0, 0.1) is 24.2 Å². The van der Waals surface area contributed by atoms with Gasteiger partial charge in [-0.05, 0) is 30.5 Å².